The minimum Gasteiger partial charge on any atom is -0.466 e. The van der Waals surface area contributed by atoms with Gasteiger partial charge in [0, 0.05) is 5.41 Å². The quantitative estimate of drug-likeness (QED) is 0.139. The van der Waals surface area contributed by atoms with Crippen molar-refractivity contribution in [2.45, 2.75) is 177 Å². The van der Waals surface area contributed by atoms with Crippen LogP contribution in [0.15, 0.2) is 11.1 Å². The molecule has 248 valence electrons. The van der Waals surface area contributed by atoms with Crippen molar-refractivity contribution < 1.29 is 14.0 Å². The van der Waals surface area contributed by atoms with E-state index in [1.54, 1.807) is 11.1 Å². The van der Waals surface area contributed by atoms with Crippen LogP contribution < -0.4 is 0 Å². The van der Waals surface area contributed by atoms with Crippen LogP contribution in [0.25, 0.3) is 0 Å². The Hall–Kier alpha value is -0.613. The maximum absolute atomic E-state index is 13.5. The number of rotatable bonds is 10. The van der Waals surface area contributed by atoms with E-state index < -0.39 is 8.32 Å². The Morgan fingerprint density at radius 2 is 1.60 bits per heavy atom. The molecule has 43 heavy (non-hydrogen) atoms. The Morgan fingerprint density at radius 3 is 2.21 bits per heavy atom. The molecule has 0 saturated heterocycles. The lowest BCUT2D eigenvalue weighted by atomic mass is 9.42. The summed E-state index contributed by atoms with van der Waals surface area (Å²) in [5.41, 5.74) is 3.96. The van der Waals surface area contributed by atoms with Crippen molar-refractivity contribution in [1.29, 1.82) is 0 Å². The third kappa shape index (κ3) is 6.01. The minimum atomic E-state index is -1.86. The fraction of sp³-hybridized carbons (Fsp3) is 0.923. The van der Waals surface area contributed by atoms with E-state index in [0.717, 1.165) is 18.8 Å². The lowest BCUT2D eigenvalue weighted by Crippen LogP contribution is -2.58. The van der Waals surface area contributed by atoms with Gasteiger partial charge in [-0.05, 0) is 116 Å². The van der Waals surface area contributed by atoms with Gasteiger partial charge in [-0.1, -0.05) is 99.6 Å². The molecule has 2 saturated carbocycles. The van der Waals surface area contributed by atoms with Gasteiger partial charge in [-0.15, -0.1) is 0 Å². The minimum absolute atomic E-state index is 0.0313. The molecule has 0 radical (unpaired) electrons. The molecule has 0 aromatic heterocycles. The molecule has 3 nitrogen and oxygen atoms in total. The number of allylic oxidation sites excluding steroid dienone is 2. The summed E-state index contributed by atoms with van der Waals surface area (Å²) in [6.45, 7) is 32.0. The first-order valence-electron chi connectivity index (χ1n) is 18.3. The predicted molar refractivity (Wildman–Crippen MR) is 185 cm³/mol. The largest absolute Gasteiger partial charge is 0.466 e. The zero-order chi connectivity index (χ0) is 32.2. The molecule has 7 atom stereocenters. The van der Waals surface area contributed by atoms with E-state index in [1.165, 1.54) is 57.8 Å². The normalized spacial score (nSPS) is 36.7. The van der Waals surface area contributed by atoms with E-state index in [-0.39, 0.29) is 32.7 Å². The zero-order valence-electron chi connectivity index (χ0n) is 30.8. The summed E-state index contributed by atoms with van der Waals surface area (Å²) in [5, 5.41) is 0.227. The van der Waals surface area contributed by atoms with Crippen molar-refractivity contribution in [1.82, 2.24) is 0 Å². The van der Waals surface area contributed by atoms with Crippen molar-refractivity contribution in [3.8, 4) is 0 Å². The van der Waals surface area contributed by atoms with Crippen LogP contribution in [-0.2, 0) is 14.0 Å². The second-order valence-electron chi connectivity index (χ2n) is 18.6. The highest BCUT2D eigenvalue weighted by Gasteiger charge is 2.66. The van der Waals surface area contributed by atoms with Crippen LogP contribution in [0, 0.1) is 45.3 Å². The lowest BCUT2D eigenvalue weighted by molar-refractivity contribution is -0.148. The summed E-state index contributed by atoms with van der Waals surface area (Å²) in [6, 6.07) is 0. The van der Waals surface area contributed by atoms with E-state index in [9.17, 15) is 4.79 Å². The molecule has 4 aliphatic rings. The highest BCUT2D eigenvalue weighted by molar-refractivity contribution is 6.74. The van der Waals surface area contributed by atoms with Gasteiger partial charge in [0.15, 0.2) is 8.32 Å². The van der Waals surface area contributed by atoms with Crippen LogP contribution >= 0.6 is 0 Å². The molecule has 0 amide bonds. The Kier molecular flexibility index (Phi) is 10.00. The first-order chi connectivity index (χ1) is 19.8. The van der Waals surface area contributed by atoms with E-state index in [0.29, 0.717) is 36.9 Å². The van der Waals surface area contributed by atoms with Crippen molar-refractivity contribution in [3.63, 3.8) is 0 Å². The molecule has 4 heteroatoms. The van der Waals surface area contributed by atoms with Gasteiger partial charge < -0.3 is 9.16 Å². The smallest absolute Gasteiger partial charge is 0.306 e. The van der Waals surface area contributed by atoms with Crippen molar-refractivity contribution in [2.24, 2.45) is 45.3 Å². The summed E-state index contributed by atoms with van der Waals surface area (Å²) in [7, 11) is -1.86. The number of ether oxygens (including phenoxy) is 1. The molecule has 0 unspecified atom stereocenters. The van der Waals surface area contributed by atoms with Gasteiger partial charge >= 0.3 is 5.97 Å². The van der Waals surface area contributed by atoms with Crippen LogP contribution in [0.4, 0.5) is 0 Å². The summed E-state index contributed by atoms with van der Waals surface area (Å²) in [6.07, 6.45) is 14.6. The maximum atomic E-state index is 13.5. The van der Waals surface area contributed by atoms with Crippen LogP contribution in [-0.4, -0.2) is 27.0 Å². The van der Waals surface area contributed by atoms with Crippen LogP contribution in [0.2, 0.25) is 18.1 Å². The average Bonchev–Trinajstić information content (AvgIpc) is 3.17. The Labute approximate surface area is 268 Å². The summed E-state index contributed by atoms with van der Waals surface area (Å²) in [5.74, 6) is 2.84. The third-order valence-electron chi connectivity index (χ3n) is 14.5. The van der Waals surface area contributed by atoms with E-state index in [1.807, 2.05) is 6.92 Å². The number of hydrogen-bond acceptors (Lipinski definition) is 3. The van der Waals surface area contributed by atoms with E-state index >= 15 is 0 Å². The molecule has 0 bridgehead atoms. The monoisotopic (exact) mass is 615 g/mol. The molecular weight excluding hydrogens is 545 g/mol. The van der Waals surface area contributed by atoms with Gasteiger partial charge in [-0.2, -0.15) is 0 Å². The second-order valence-corrected chi connectivity index (χ2v) is 23.4. The topological polar surface area (TPSA) is 35.5 Å². The number of carbonyl (C=O) groups is 1. The van der Waals surface area contributed by atoms with Gasteiger partial charge in [0.05, 0.1) is 19.1 Å². The van der Waals surface area contributed by atoms with Crippen molar-refractivity contribution >= 4 is 14.3 Å². The second kappa shape index (κ2) is 12.2. The average molecular weight is 615 g/mol. The fourth-order valence-corrected chi connectivity index (χ4v) is 12.5. The van der Waals surface area contributed by atoms with Crippen molar-refractivity contribution in [2.75, 3.05) is 6.61 Å². The number of carbonyl (C=O) groups excluding carboxylic acids is 1. The Morgan fingerprint density at radius 1 is 0.930 bits per heavy atom. The highest BCUT2D eigenvalue weighted by Crippen LogP contribution is 2.74. The van der Waals surface area contributed by atoms with Gasteiger partial charge in [-0.25, -0.2) is 0 Å². The highest BCUT2D eigenvalue weighted by atomic mass is 28.4. The molecule has 0 N–H and O–H groups in total. The Balaban J connectivity index is 1.71. The maximum Gasteiger partial charge on any atom is 0.306 e. The molecule has 0 spiro atoms. The Bertz CT molecular complexity index is 1050. The SMILES string of the molecule is CCOC(=O)C[C@@]12CC[C@H]([C@H](C)CCCC(C)C)[C@@]1(C)CCC1=C2CC[C@H]2C(C)(C)[C@@H](O[Si](C)(C)C(C)(C)C)CC[C@]12C. The lowest BCUT2D eigenvalue weighted by Gasteiger charge is -2.63. The first-order valence-corrected chi connectivity index (χ1v) is 21.2. The molecular formula is C39H70O3Si. The summed E-state index contributed by atoms with van der Waals surface area (Å²) in [4.78, 5) is 13.5. The standard InChI is InChI=1S/C39H70O3Si/c1-14-41-34(40)26-39-25-21-29(28(4)17-15-16-27(2)3)38(39,11)24-20-30-31(39)18-19-32-36(8,9)33(22-23-37(30,32)10)42-43(12,13)35(5,6)7/h27-29,32-33H,14-26H2,1-13H3/t28-,29-,32+,33+,37-,38-,39-/m1/s1. The zero-order valence-corrected chi connectivity index (χ0v) is 31.8. The molecule has 2 fully saturated rings. The van der Waals surface area contributed by atoms with E-state index in [4.69, 9.17) is 9.16 Å². The molecule has 0 heterocycles. The summed E-state index contributed by atoms with van der Waals surface area (Å²) < 4.78 is 13.0. The third-order valence-corrected chi connectivity index (χ3v) is 19.0. The number of hydrogen-bond donors (Lipinski definition) is 0. The number of esters is 1. The van der Waals surface area contributed by atoms with Gasteiger partial charge in [0.2, 0.25) is 0 Å². The predicted octanol–water partition coefficient (Wildman–Crippen LogP) is 11.5. The molecule has 0 aromatic carbocycles. The van der Waals surface area contributed by atoms with Crippen molar-refractivity contribution in [3.05, 3.63) is 11.1 Å². The van der Waals surface area contributed by atoms with Crippen LogP contribution in [0.3, 0.4) is 0 Å². The van der Waals surface area contributed by atoms with Crippen LogP contribution in [0.1, 0.15) is 153 Å². The van der Waals surface area contributed by atoms with Gasteiger partial charge in [0.25, 0.3) is 0 Å². The molecule has 4 aliphatic carbocycles. The fourth-order valence-electron chi connectivity index (χ4n) is 11.0. The molecule has 4 rings (SSSR count). The number of fused-ring (bicyclic) bond motifs is 4. The summed E-state index contributed by atoms with van der Waals surface area (Å²) >= 11 is 0. The van der Waals surface area contributed by atoms with Gasteiger partial charge in [-0.3, -0.25) is 4.79 Å². The van der Waals surface area contributed by atoms with Crippen LogP contribution in [0.5, 0.6) is 0 Å². The first kappa shape index (κ1) is 35.2. The van der Waals surface area contributed by atoms with Gasteiger partial charge in [0.1, 0.15) is 0 Å². The molecule has 0 aliphatic heterocycles. The van der Waals surface area contributed by atoms with E-state index in [2.05, 4.69) is 82.3 Å². The molecule has 0 aromatic rings.